The summed E-state index contributed by atoms with van der Waals surface area (Å²) in [6, 6.07) is 1.73. The third-order valence-corrected chi connectivity index (χ3v) is 2.24. The van der Waals surface area contributed by atoms with Crippen LogP contribution in [0.25, 0.3) is 22.3 Å². The van der Waals surface area contributed by atoms with E-state index < -0.39 is 5.97 Å². The van der Waals surface area contributed by atoms with Crippen LogP contribution in [-0.4, -0.2) is 26.9 Å². The van der Waals surface area contributed by atoms with Gasteiger partial charge in [-0.2, -0.15) is 0 Å². The molecule has 0 amide bonds. The van der Waals surface area contributed by atoms with E-state index in [1.165, 1.54) is 12.3 Å². The SMILES string of the molecule is CCOC(=O)/C(=C/c1cnc2ncccn12)N=[N+]=[N-]. The molecule has 0 bridgehead atoms. The van der Waals surface area contributed by atoms with Crippen molar-refractivity contribution in [1.29, 1.82) is 0 Å². The molecule has 19 heavy (non-hydrogen) atoms. The average Bonchev–Trinajstić information content (AvgIpc) is 2.82. The van der Waals surface area contributed by atoms with Crippen LogP contribution in [0.2, 0.25) is 0 Å². The molecule has 0 N–H and O–H groups in total. The van der Waals surface area contributed by atoms with Crippen LogP contribution in [0.5, 0.6) is 0 Å². The van der Waals surface area contributed by atoms with Crippen LogP contribution in [0.15, 0.2) is 35.5 Å². The lowest BCUT2D eigenvalue weighted by Crippen LogP contribution is -2.05. The first-order chi connectivity index (χ1) is 9.26. The molecule has 2 aromatic rings. The summed E-state index contributed by atoms with van der Waals surface area (Å²) in [5.74, 6) is -0.197. The number of hydrogen-bond donors (Lipinski definition) is 0. The fourth-order valence-corrected chi connectivity index (χ4v) is 1.47. The zero-order chi connectivity index (χ0) is 13.7. The number of azide groups is 1. The molecule has 0 spiro atoms. The highest BCUT2D eigenvalue weighted by Crippen LogP contribution is 2.11. The zero-order valence-electron chi connectivity index (χ0n) is 10.1. The maximum Gasteiger partial charge on any atom is 0.340 e. The van der Waals surface area contributed by atoms with E-state index in [2.05, 4.69) is 20.0 Å². The third-order valence-electron chi connectivity index (χ3n) is 2.24. The first kappa shape index (κ1) is 12.6. The van der Waals surface area contributed by atoms with Crippen molar-refractivity contribution in [2.45, 2.75) is 6.92 Å². The van der Waals surface area contributed by atoms with Gasteiger partial charge in [0, 0.05) is 17.3 Å². The predicted octanol–water partition coefficient (Wildman–Crippen LogP) is 1.94. The molecule has 8 nitrogen and oxygen atoms in total. The van der Waals surface area contributed by atoms with Gasteiger partial charge in [0.1, 0.15) is 5.70 Å². The summed E-state index contributed by atoms with van der Waals surface area (Å²) in [7, 11) is 0. The van der Waals surface area contributed by atoms with Gasteiger partial charge in [-0.25, -0.2) is 14.8 Å². The van der Waals surface area contributed by atoms with Crippen molar-refractivity contribution in [3.8, 4) is 0 Å². The summed E-state index contributed by atoms with van der Waals surface area (Å²) in [4.78, 5) is 22.3. The number of nitrogens with zero attached hydrogens (tertiary/aromatic N) is 6. The van der Waals surface area contributed by atoms with E-state index in [4.69, 9.17) is 10.3 Å². The van der Waals surface area contributed by atoms with Gasteiger partial charge >= 0.3 is 5.97 Å². The standard InChI is InChI=1S/C11H10N6O2/c1-2-19-10(18)9(15-16-12)6-8-7-14-11-13-4-3-5-17(8)11/h3-7H,2H2,1H3/b9-6-. The highest BCUT2D eigenvalue weighted by atomic mass is 16.5. The number of esters is 1. The molecule has 8 heteroatoms. The van der Waals surface area contributed by atoms with Gasteiger partial charge in [0.25, 0.3) is 0 Å². The molecule has 0 aliphatic heterocycles. The maximum absolute atomic E-state index is 11.6. The van der Waals surface area contributed by atoms with E-state index in [1.54, 1.807) is 29.8 Å². The van der Waals surface area contributed by atoms with Gasteiger partial charge in [-0.1, -0.05) is 5.11 Å². The Morgan fingerprint density at radius 1 is 1.63 bits per heavy atom. The molecule has 0 saturated carbocycles. The number of rotatable bonds is 4. The fourth-order valence-electron chi connectivity index (χ4n) is 1.47. The van der Waals surface area contributed by atoms with Gasteiger partial charge in [-0.05, 0) is 24.6 Å². The van der Waals surface area contributed by atoms with Crippen LogP contribution in [0.3, 0.4) is 0 Å². The van der Waals surface area contributed by atoms with Crippen molar-refractivity contribution >= 4 is 17.8 Å². The summed E-state index contributed by atoms with van der Waals surface area (Å²) in [6.45, 7) is 1.87. The van der Waals surface area contributed by atoms with Crippen molar-refractivity contribution in [3.63, 3.8) is 0 Å². The molecule has 0 radical (unpaired) electrons. The summed E-state index contributed by atoms with van der Waals surface area (Å²) < 4.78 is 6.46. The normalized spacial score (nSPS) is 11.1. The van der Waals surface area contributed by atoms with E-state index in [1.807, 2.05) is 0 Å². The zero-order valence-corrected chi connectivity index (χ0v) is 10.1. The summed E-state index contributed by atoms with van der Waals surface area (Å²) in [5, 5.41) is 3.33. The number of fused-ring (bicyclic) bond motifs is 1. The number of hydrogen-bond acceptors (Lipinski definition) is 5. The van der Waals surface area contributed by atoms with Gasteiger partial charge in [0.15, 0.2) is 0 Å². The Balaban J connectivity index is 2.46. The van der Waals surface area contributed by atoms with Crippen molar-refractivity contribution in [3.05, 3.63) is 46.5 Å². The highest BCUT2D eigenvalue weighted by Gasteiger charge is 2.10. The molecule has 0 fully saturated rings. The van der Waals surface area contributed by atoms with E-state index >= 15 is 0 Å². The van der Waals surface area contributed by atoms with Crippen molar-refractivity contribution in [1.82, 2.24) is 14.4 Å². The second kappa shape index (κ2) is 5.65. The maximum atomic E-state index is 11.6. The van der Waals surface area contributed by atoms with Crippen LogP contribution in [0.1, 0.15) is 12.6 Å². The molecule has 2 heterocycles. The minimum atomic E-state index is -0.681. The van der Waals surface area contributed by atoms with Crippen molar-refractivity contribution < 1.29 is 9.53 Å². The molecule has 0 saturated heterocycles. The minimum absolute atomic E-state index is 0.130. The molecule has 0 aliphatic carbocycles. The first-order valence-corrected chi connectivity index (χ1v) is 5.48. The lowest BCUT2D eigenvalue weighted by Gasteiger charge is -2.01. The Bertz CT molecular complexity index is 683. The van der Waals surface area contributed by atoms with Crippen molar-refractivity contribution in [2.75, 3.05) is 6.61 Å². The Hall–Kier alpha value is -2.86. The first-order valence-electron chi connectivity index (χ1n) is 5.48. The van der Waals surface area contributed by atoms with Crippen LogP contribution in [0, 0.1) is 0 Å². The Labute approximate surface area is 108 Å². The summed E-state index contributed by atoms with van der Waals surface area (Å²) in [6.07, 6.45) is 6.27. The number of ether oxygens (including phenoxy) is 1. The van der Waals surface area contributed by atoms with E-state index in [9.17, 15) is 4.79 Å². The van der Waals surface area contributed by atoms with Crippen molar-refractivity contribution in [2.24, 2.45) is 5.11 Å². The van der Waals surface area contributed by atoms with Gasteiger partial charge < -0.3 is 4.74 Å². The molecule has 0 aromatic carbocycles. The number of carbonyl (C=O) groups is 1. The summed E-state index contributed by atoms with van der Waals surface area (Å²) >= 11 is 0. The monoisotopic (exact) mass is 258 g/mol. The summed E-state index contributed by atoms with van der Waals surface area (Å²) in [5.41, 5.74) is 8.91. The number of aromatic nitrogens is 3. The molecule has 0 unspecified atom stereocenters. The molecule has 2 aromatic heterocycles. The van der Waals surface area contributed by atoms with Gasteiger partial charge in [0.2, 0.25) is 5.78 Å². The topological polar surface area (TPSA) is 105 Å². The van der Waals surface area contributed by atoms with Crippen LogP contribution < -0.4 is 0 Å². The largest absolute Gasteiger partial charge is 0.462 e. The van der Waals surface area contributed by atoms with E-state index in [-0.39, 0.29) is 12.3 Å². The van der Waals surface area contributed by atoms with Crippen LogP contribution >= 0.6 is 0 Å². The smallest absolute Gasteiger partial charge is 0.340 e. The second-order valence-corrected chi connectivity index (χ2v) is 3.41. The lowest BCUT2D eigenvalue weighted by atomic mass is 10.3. The number of imidazole rings is 1. The predicted molar refractivity (Wildman–Crippen MR) is 66.7 cm³/mol. The molecule has 0 aliphatic rings. The van der Waals surface area contributed by atoms with Gasteiger partial charge in [-0.15, -0.1) is 0 Å². The van der Waals surface area contributed by atoms with Gasteiger partial charge in [0.05, 0.1) is 18.5 Å². The third kappa shape index (κ3) is 2.70. The molecule has 2 rings (SSSR count). The average molecular weight is 258 g/mol. The Morgan fingerprint density at radius 2 is 2.47 bits per heavy atom. The second-order valence-electron chi connectivity index (χ2n) is 3.41. The van der Waals surface area contributed by atoms with E-state index in [0.717, 1.165) is 0 Å². The Morgan fingerprint density at radius 3 is 3.21 bits per heavy atom. The Kier molecular flexibility index (Phi) is 3.75. The van der Waals surface area contributed by atoms with Crippen LogP contribution in [0.4, 0.5) is 0 Å². The van der Waals surface area contributed by atoms with Gasteiger partial charge in [-0.3, -0.25) is 4.40 Å². The molecule has 96 valence electrons. The molecular weight excluding hydrogens is 248 g/mol. The van der Waals surface area contributed by atoms with E-state index in [0.29, 0.717) is 11.5 Å². The fraction of sp³-hybridized carbons (Fsp3) is 0.182. The minimum Gasteiger partial charge on any atom is -0.462 e. The number of carbonyl (C=O) groups excluding carboxylic acids is 1. The molecule has 0 atom stereocenters. The highest BCUT2D eigenvalue weighted by molar-refractivity contribution is 5.93. The molecular formula is C11H10N6O2. The quantitative estimate of drug-likeness (QED) is 0.274. The lowest BCUT2D eigenvalue weighted by molar-refractivity contribution is -0.138. The van der Waals surface area contributed by atoms with Crippen LogP contribution in [-0.2, 0) is 9.53 Å².